The molecule has 3 amide bonds. The smallest absolute Gasteiger partial charge is 0.338 e. The molecular formula is C25H18ClFN2O5. The second-order valence-electron chi connectivity index (χ2n) is 7.74. The maximum Gasteiger partial charge on any atom is 0.338 e. The Morgan fingerprint density at radius 3 is 2.44 bits per heavy atom. The van der Waals surface area contributed by atoms with Crippen LogP contribution in [0.5, 0.6) is 0 Å². The number of halogens is 2. The number of rotatable bonds is 5. The highest BCUT2D eigenvalue weighted by molar-refractivity contribution is 6.35. The molecule has 0 spiro atoms. The summed E-state index contributed by atoms with van der Waals surface area (Å²) < 4.78 is 18.1. The highest BCUT2D eigenvalue weighted by Crippen LogP contribution is 2.32. The van der Waals surface area contributed by atoms with E-state index in [1.165, 1.54) is 24.3 Å². The molecule has 1 aliphatic heterocycles. The summed E-state index contributed by atoms with van der Waals surface area (Å²) in [5.74, 6) is -3.13. The van der Waals surface area contributed by atoms with Gasteiger partial charge < -0.3 is 10.1 Å². The van der Waals surface area contributed by atoms with Crippen LogP contribution in [0.1, 0.15) is 42.2 Å². The third-order valence-electron chi connectivity index (χ3n) is 5.27. The molecule has 0 saturated carbocycles. The predicted molar refractivity (Wildman–Crippen MR) is 124 cm³/mol. The number of aryl methyl sites for hydroxylation is 2. The van der Waals surface area contributed by atoms with Gasteiger partial charge in [0.2, 0.25) is 0 Å². The molecule has 4 rings (SSSR count). The summed E-state index contributed by atoms with van der Waals surface area (Å²) in [6.45, 7) is 3.02. The fraction of sp³-hybridized carbons (Fsp3) is 0.120. The summed E-state index contributed by atoms with van der Waals surface area (Å²) in [6.07, 6.45) is 0. The largest absolute Gasteiger partial charge is 0.452 e. The molecule has 9 heteroatoms. The maximum atomic E-state index is 13.1. The molecule has 172 valence electrons. The zero-order chi connectivity index (χ0) is 24.6. The zero-order valence-electron chi connectivity index (χ0n) is 18.1. The second kappa shape index (κ2) is 9.07. The first-order chi connectivity index (χ1) is 16.2. The molecule has 34 heavy (non-hydrogen) atoms. The minimum Gasteiger partial charge on any atom is -0.452 e. The van der Waals surface area contributed by atoms with Crippen molar-refractivity contribution in [3.8, 4) is 0 Å². The van der Waals surface area contributed by atoms with Gasteiger partial charge in [-0.15, -0.1) is 0 Å². The predicted octanol–water partition coefficient (Wildman–Crippen LogP) is 4.69. The van der Waals surface area contributed by atoms with E-state index in [2.05, 4.69) is 5.32 Å². The fourth-order valence-corrected chi connectivity index (χ4v) is 3.75. The minimum absolute atomic E-state index is 0.00474. The molecule has 0 unspecified atom stereocenters. The Morgan fingerprint density at radius 2 is 1.71 bits per heavy atom. The van der Waals surface area contributed by atoms with Crippen molar-refractivity contribution in [3.63, 3.8) is 0 Å². The summed E-state index contributed by atoms with van der Waals surface area (Å²) in [4.78, 5) is 51.5. The van der Waals surface area contributed by atoms with Gasteiger partial charge in [0, 0.05) is 0 Å². The van der Waals surface area contributed by atoms with Gasteiger partial charge in [0.15, 0.2) is 6.61 Å². The standard InChI is InChI=1S/C25H18ClFN2O5/c1-13-3-4-14(2)21(9-13)29-23(31)17-7-5-15(10-18(17)24(29)32)25(33)34-12-22(30)28-20-8-6-16(27)11-19(20)26/h3-11H,12H2,1-2H3,(H,28,30). The third kappa shape index (κ3) is 4.40. The van der Waals surface area contributed by atoms with Crippen molar-refractivity contribution >= 4 is 46.7 Å². The SMILES string of the molecule is Cc1ccc(C)c(N2C(=O)c3ccc(C(=O)OCC(=O)Nc4ccc(F)cc4Cl)cc3C2=O)c1. The summed E-state index contributed by atoms with van der Waals surface area (Å²) in [5.41, 5.74) is 2.54. The Labute approximate surface area is 199 Å². The molecule has 1 N–H and O–H groups in total. The average Bonchev–Trinajstić information content (AvgIpc) is 3.05. The van der Waals surface area contributed by atoms with Crippen LogP contribution in [0.25, 0.3) is 0 Å². The van der Waals surface area contributed by atoms with Crippen molar-refractivity contribution in [2.75, 3.05) is 16.8 Å². The van der Waals surface area contributed by atoms with Gasteiger partial charge in [-0.3, -0.25) is 14.4 Å². The number of hydrogen-bond acceptors (Lipinski definition) is 5. The van der Waals surface area contributed by atoms with Gasteiger partial charge >= 0.3 is 5.97 Å². The van der Waals surface area contributed by atoms with Gasteiger partial charge in [0.1, 0.15) is 5.82 Å². The highest BCUT2D eigenvalue weighted by Gasteiger charge is 2.38. The number of nitrogens with one attached hydrogen (secondary N) is 1. The lowest BCUT2D eigenvalue weighted by molar-refractivity contribution is -0.119. The van der Waals surface area contributed by atoms with Crippen LogP contribution >= 0.6 is 11.6 Å². The van der Waals surface area contributed by atoms with Crippen molar-refractivity contribution in [3.05, 3.63) is 93.3 Å². The lowest BCUT2D eigenvalue weighted by atomic mass is 10.1. The summed E-state index contributed by atoms with van der Waals surface area (Å²) in [5, 5.41) is 2.41. The summed E-state index contributed by atoms with van der Waals surface area (Å²) >= 11 is 5.86. The van der Waals surface area contributed by atoms with E-state index in [-0.39, 0.29) is 27.4 Å². The number of carbonyl (C=O) groups is 4. The van der Waals surface area contributed by atoms with E-state index >= 15 is 0 Å². The molecule has 0 bridgehead atoms. The van der Waals surface area contributed by atoms with Gasteiger partial charge in [-0.2, -0.15) is 0 Å². The van der Waals surface area contributed by atoms with Crippen molar-refractivity contribution in [2.45, 2.75) is 13.8 Å². The molecular weight excluding hydrogens is 463 g/mol. The molecule has 0 aliphatic carbocycles. The van der Waals surface area contributed by atoms with Gasteiger partial charge in [-0.05, 0) is 67.4 Å². The van der Waals surface area contributed by atoms with Crippen molar-refractivity contribution < 1.29 is 28.3 Å². The van der Waals surface area contributed by atoms with Crippen LogP contribution in [-0.2, 0) is 9.53 Å². The molecule has 1 aliphatic rings. The Balaban J connectivity index is 1.47. The fourth-order valence-electron chi connectivity index (χ4n) is 3.54. The Hall–Kier alpha value is -4.04. The third-order valence-corrected chi connectivity index (χ3v) is 5.58. The van der Waals surface area contributed by atoms with Gasteiger partial charge in [0.25, 0.3) is 17.7 Å². The molecule has 0 fully saturated rings. The van der Waals surface area contributed by atoms with Crippen LogP contribution in [0.2, 0.25) is 5.02 Å². The van der Waals surface area contributed by atoms with E-state index in [1.807, 2.05) is 19.1 Å². The number of amides is 3. The number of ether oxygens (including phenoxy) is 1. The topological polar surface area (TPSA) is 92.8 Å². The Morgan fingerprint density at radius 1 is 0.971 bits per heavy atom. The number of carbonyl (C=O) groups excluding carboxylic acids is 4. The average molecular weight is 481 g/mol. The van der Waals surface area contributed by atoms with Gasteiger partial charge in [-0.25, -0.2) is 14.1 Å². The second-order valence-corrected chi connectivity index (χ2v) is 8.15. The number of esters is 1. The molecule has 0 saturated heterocycles. The molecule has 0 radical (unpaired) electrons. The lowest BCUT2D eigenvalue weighted by Crippen LogP contribution is -2.30. The molecule has 7 nitrogen and oxygen atoms in total. The van der Waals surface area contributed by atoms with E-state index < -0.39 is 36.1 Å². The van der Waals surface area contributed by atoms with Crippen LogP contribution in [0.15, 0.2) is 54.6 Å². The van der Waals surface area contributed by atoms with E-state index in [4.69, 9.17) is 16.3 Å². The quantitative estimate of drug-likeness (QED) is 0.422. The van der Waals surface area contributed by atoms with Crippen LogP contribution < -0.4 is 10.2 Å². The number of imide groups is 1. The lowest BCUT2D eigenvalue weighted by Gasteiger charge is -2.17. The van der Waals surface area contributed by atoms with Crippen LogP contribution in [0.3, 0.4) is 0 Å². The first-order valence-corrected chi connectivity index (χ1v) is 10.6. The minimum atomic E-state index is -0.853. The normalized spacial score (nSPS) is 12.5. The van der Waals surface area contributed by atoms with E-state index in [0.29, 0.717) is 5.69 Å². The number of hydrogen-bond donors (Lipinski definition) is 1. The van der Waals surface area contributed by atoms with Crippen molar-refractivity contribution in [1.29, 1.82) is 0 Å². The molecule has 1 heterocycles. The van der Waals surface area contributed by atoms with E-state index in [1.54, 1.807) is 13.0 Å². The monoisotopic (exact) mass is 480 g/mol. The Bertz CT molecular complexity index is 1370. The number of benzene rings is 3. The van der Waals surface area contributed by atoms with Crippen LogP contribution in [0, 0.1) is 19.7 Å². The van der Waals surface area contributed by atoms with Crippen LogP contribution in [-0.4, -0.2) is 30.3 Å². The van der Waals surface area contributed by atoms with E-state index in [9.17, 15) is 23.6 Å². The van der Waals surface area contributed by atoms with E-state index in [0.717, 1.165) is 28.2 Å². The summed E-state index contributed by atoms with van der Waals surface area (Å²) in [7, 11) is 0. The number of nitrogens with zero attached hydrogens (tertiary/aromatic N) is 1. The zero-order valence-corrected chi connectivity index (χ0v) is 18.9. The first-order valence-electron chi connectivity index (χ1n) is 10.2. The molecule has 3 aromatic rings. The van der Waals surface area contributed by atoms with Gasteiger partial charge in [-0.1, -0.05) is 23.7 Å². The first kappa shape index (κ1) is 23.1. The van der Waals surface area contributed by atoms with Crippen molar-refractivity contribution in [2.24, 2.45) is 0 Å². The van der Waals surface area contributed by atoms with Gasteiger partial charge in [0.05, 0.1) is 33.1 Å². The van der Waals surface area contributed by atoms with Crippen LogP contribution in [0.4, 0.5) is 15.8 Å². The number of anilines is 2. The number of fused-ring (bicyclic) bond motifs is 1. The highest BCUT2D eigenvalue weighted by atomic mass is 35.5. The maximum absolute atomic E-state index is 13.1. The molecule has 0 atom stereocenters. The molecule has 3 aromatic carbocycles. The van der Waals surface area contributed by atoms with Crippen molar-refractivity contribution in [1.82, 2.24) is 0 Å². The molecule has 0 aromatic heterocycles. The Kier molecular flexibility index (Phi) is 6.17. The summed E-state index contributed by atoms with van der Waals surface area (Å²) in [6, 6.07) is 12.9.